The van der Waals surface area contributed by atoms with Gasteiger partial charge in [-0.05, 0) is 31.0 Å². The quantitative estimate of drug-likeness (QED) is 0.939. The first-order valence-electron chi connectivity index (χ1n) is 6.22. The molecule has 0 unspecified atom stereocenters. The van der Waals surface area contributed by atoms with Crippen LogP contribution in [0.2, 0.25) is 0 Å². The van der Waals surface area contributed by atoms with Gasteiger partial charge in [0.05, 0.1) is 29.8 Å². The summed E-state index contributed by atoms with van der Waals surface area (Å²) >= 11 is 3.42. The number of hydrogen-bond acceptors (Lipinski definition) is 3. The van der Waals surface area contributed by atoms with Crippen molar-refractivity contribution in [1.82, 2.24) is 9.55 Å². The van der Waals surface area contributed by atoms with Gasteiger partial charge in [0.2, 0.25) is 0 Å². The molecule has 1 heterocycles. The van der Waals surface area contributed by atoms with Crippen LogP contribution >= 0.6 is 15.9 Å². The average molecular weight is 317 g/mol. The topological polar surface area (TPSA) is 53.6 Å². The Labute approximate surface area is 120 Å². The molecule has 5 heteroatoms. The number of nitriles is 1. The Bertz CT molecular complexity index is 637. The van der Waals surface area contributed by atoms with Gasteiger partial charge in [0.1, 0.15) is 6.07 Å². The lowest BCUT2D eigenvalue weighted by Crippen LogP contribution is -2.06. The second-order valence-electron chi connectivity index (χ2n) is 4.68. The molecule has 19 heavy (non-hydrogen) atoms. The van der Waals surface area contributed by atoms with Crippen LogP contribution in [0.3, 0.4) is 0 Å². The number of hydrogen-bond donors (Lipinski definition) is 1. The number of nitrogens with one attached hydrogen (secondary N) is 1. The van der Waals surface area contributed by atoms with E-state index in [1.165, 1.54) is 12.8 Å². The van der Waals surface area contributed by atoms with Crippen molar-refractivity contribution >= 4 is 21.6 Å². The first-order valence-corrected chi connectivity index (χ1v) is 7.01. The van der Waals surface area contributed by atoms with Crippen molar-refractivity contribution < 1.29 is 0 Å². The highest BCUT2D eigenvalue weighted by atomic mass is 79.9. The minimum absolute atomic E-state index is 0.622. The van der Waals surface area contributed by atoms with Crippen LogP contribution in [0.4, 0.5) is 5.69 Å². The number of nitrogens with zero attached hydrogens (tertiary/aromatic N) is 3. The van der Waals surface area contributed by atoms with Gasteiger partial charge < -0.3 is 9.88 Å². The van der Waals surface area contributed by atoms with E-state index in [1.54, 1.807) is 0 Å². The van der Waals surface area contributed by atoms with Gasteiger partial charge in [-0.2, -0.15) is 5.26 Å². The summed E-state index contributed by atoms with van der Waals surface area (Å²) in [5, 5.41) is 12.4. The summed E-state index contributed by atoms with van der Waals surface area (Å²) in [6.07, 6.45) is 6.25. The van der Waals surface area contributed by atoms with E-state index < -0.39 is 0 Å². The third kappa shape index (κ3) is 2.64. The molecular formula is C14H13BrN4. The molecule has 0 atom stereocenters. The molecule has 0 bridgehead atoms. The lowest BCUT2D eigenvalue weighted by atomic mass is 10.2. The van der Waals surface area contributed by atoms with Gasteiger partial charge in [-0.15, -0.1) is 0 Å². The first-order chi connectivity index (χ1) is 9.28. The van der Waals surface area contributed by atoms with Gasteiger partial charge >= 0.3 is 0 Å². The standard InChI is InChI=1S/C14H13BrN4/c15-11-2-1-10(6-16)14(5-11)18-8-13-7-17-9-19(13)12-3-4-12/h1-2,5,7,9,12,18H,3-4,8H2. The highest BCUT2D eigenvalue weighted by Crippen LogP contribution is 2.35. The monoisotopic (exact) mass is 316 g/mol. The van der Waals surface area contributed by atoms with Crippen LogP contribution < -0.4 is 5.32 Å². The second kappa shape index (κ2) is 5.06. The molecule has 1 aliphatic rings. The minimum Gasteiger partial charge on any atom is -0.378 e. The van der Waals surface area contributed by atoms with E-state index in [0.717, 1.165) is 15.9 Å². The summed E-state index contributed by atoms with van der Waals surface area (Å²) in [5.74, 6) is 0. The largest absolute Gasteiger partial charge is 0.378 e. The number of rotatable bonds is 4. The highest BCUT2D eigenvalue weighted by Gasteiger charge is 2.25. The zero-order chi connectivity index (χ0) is 13.2. The number of imidazole rings is 1. The molecule has 2 aromatic rings. The van der Waals surface area contributed by atoms with Crippen LogP contribution in [0.25, 0.3) is 0 Å². The van der Waals surface area contributed by atoms with Crippen molar-refractivity contribution in [2.24, 2.45) is 0 Å². The van der Waals surface area contributed by atoms with E-state index in [1.807, 2.05) is 30.7 Å². The third-order valence-corrected chi connectivity index (χ3v) is 3.74. The van der Waals surface area contributed by atoms with Crippen molar-refractivity contribution in [1.29, 1.82) is 5.26 Å². The van der Waals surface area contributed by atoms with E-state index in [2.05, 4.69) is 36.9 Å². The molecule has 1 fully saturated rings. The Hall–Kier alpha value is -1.80. The van der Waals surface area contributed by atoms with E-state index in [4.69, 9.17) is 5.26 Å². The van der Waals surface area contributed by atoms with E-state index in [-0.39, 0.29) is 0 Å². The van der Waals surface area contributed by atoms with Crippen molar-refractivity contribution in [3.8, 4) is 6.07 Å². The molecule has 1 aromatic heterocycles. The van der Waals surface area contributed by atoms with Crippen molar-refractivity contribution in [3.05, 3.63) is 46.5 Å². The van der Waals surface area contributed by atoms with E-state index in [0.29, 0.717) is 18.2 Å². The fraction of sp³-hybridized carbons (Fsp3) is 0.286. The molecule has 4 nitrogen and oxygen atoms in total. The Kier molecular flexibility index (Phi) is 3.26. The molecule has 0 radical (unpaired) electrons. The van der Waals surface area contributed by atoms with E-state index >= 15 is 0 Å². The Morgan fingerprint density at radius 2 is 2.32 bits per heavy atom. The molecule has 0 spiro atoms. The molecule has 1 N–H and O–H groups in total. The maximum Gasteiger partial charge on any atom is 0.101 e. The third-order valence-electron chi connectivity index (χ3n) is 3.25. The summed E-state index contributed by atoms with van der Waals surface area (Å²) in [4.78, 5) is 4.20. The smallest absolute Gasteiger partial charge is 0.101 e. The normalized spacial score (nSPS) is 14.1. The second-order valence-corrected chi connectivity index (χ2v) is 5.59. The predicted octanol–water partition coefficient (Wildman–Crippen LogP) is 3.46. The van der Waals surface area contributed by atoms with Gasteiger partial charge in [-0.1, -0.05) is 15.9 Å². The molecule has 96 valence electrons. The van der Waals surface area contributed by atoms with Gasteiger partial charge in [0.25, 0.3) is 0 Å². The summed E-state index contributed by atoms with van der Waals surface area (Å²) in [5.41, 5.74) is 2.66. The minimum atomic E-state index is 0.622. The number of benzene rings is 1. The van der Waals surface area contributed by atoms with Crippen LogP contribution in [-0.4, -0.2) is 9.55 Å². The zero-order valence-electron chi connectivity index (χ0n) is 10.3. The van der Waals surface area contributed by atoms with Crippen molar-refractivity contribution in [3.63, 3.8) is 0 Å². The molecule has 1 saturated carbocycles. The van der Waals surface area contributed by atoms with E-state index in [9.17, 15) is 0 Å². The zero-order valence-corrected chi connectivity index (χ0v) is 11.9. The molecule has 0 aliphatic heterocycles. The average Bonchev–Trinajstić information content (AvgIpc) is 3.15. The van der Waals surface area contributed by atoms with Crippen LogP contribution in [0.15, 0.2) is 35.2 Å². The Balaban J connectivity index is 1.77. The van der Waals surface area contributed by atoms with Gasteiger partial charge in [-0.25, -0.2) is 4.98 Å². The van der Waals surface area contributed by atoms with Crippen molar-refractivity contribution in [2.75, 3.05) is 5.32 Å². The molecule has 1 aliphatic carbocycles. The predicted molar refractivity (Wildman–Crippen MR) is 76.7 cm³/mol. The van der Waals surface area contributed by atoms with Gasteiger partial charge in [0.15, 0.2) is 0 Å². The maximum absolute atomic E-state index is 9.10. The van der Waals surface area contributed by atoms with Crippen LogP contribution in [0, 0.1) is 11.3 Å². The van der Waals surface area contributed by atoms with Crippen LogP contribution in [0.1, 0.15) is 30.1 Å². The number of aromatic nitrogens is 2. The maximum atomic E-state index is 9.10. The Morgan fingerprint density at radius 1 is 1.47 bits per heavy atom. The van der Waals surface area contributed by atoms with Crippen LogP contribution in [0.5, 0.6) is 0 Å². The lowest BCUT2D eigenvalue weighted by Gasteiger charge is -2.10. The summed E-state index contributed by atoms with van der Waals surface area (Å²) in [6.45, 7) is 0.682. The van der Waals surface area contributed by atoms with Crippen LogP contribution in [-0.2, 0) is 6.54 Å². The fourth-order valence-corrected chi connectivity index (χ4v) is 2.46. The molecule has 3 rings (SSSR count). The fourth-order valence-electron chi connectivity index (χ4n) is 2.10. The van der Waals surface area contributed by atoms with Gasteiger partial charge in [0, 0.05) is 16.7 Å². The number of halogens is 1. The van der Waals surface area contributed by atoms with Gasteiger partial charge in [-0.3, -0.25) is 0 Å². The summed E-state index contributed by atoms with van der Waals surface area (Å²) in [7, 11) is 0. The molecular weight excluding hydrogens is 304 g/mol. The summed E-state index contributed by atoms with van der Waals surface area (Å²) in [6, 6.07) is 8.43. The van der Waals surface area contributed by atoms with Crippen molar-refractivity contribution in [2.45, 2.75) is 25.4 Å². The molecule has 0 saturated heterocycles. The first kappa shape index (κ1) is 12.2. The SMILES string of the molecule is N#Cc1ccc(Br)cc1NCc1cncn1C1CC1. The lowest BCUT2D eigenvalue weighted by molar-refractivity contribution is 0.701. The molecule has 1 aromatic carbocycles. The summed E-state index contributed by atoms with van der Waals surface area (Å²) < 4.78 is 3.18. The molecule has 0 amide bonds. The highest BCUT2D eigenvalue weighted by molar-refractivity contribution is 9.10. The Morgan fingerprint density at radius 3 is 3.05 bits per heavy atom. The number of anilines is 1.